The molecule has 0 bridgehead atoms. The summed E-state index contributed by atoms with van der Waals surface area (Å²) in [6, 6.07) is 11.5. The Labute approximate surface area is 174 Å². The van der Waals surface area contributed by atoms with Crippen LogP contribution in [0.4, 0.5) is 8.78 Å². The number of benzene rings is 2. The molecule has 1 amide bonds. The standard InChI is InChI=1S/C20H18F2N2OS3/c21-13-5-6-15(22)14(11-13)17-7-8-24(9-10-26-17)19(25)12-27-20-23-16-3-1-2-4-18(16)28-20/h1-6,11,17H,7-10,12H2/t17-/m1/s1. The number of halogens is 2. The molecule has 0 spiro atoms. The van der Waals surface area contributed by atoms with Crippen LogP contribution < -0.4 is 0 Å². The average Bonchev–Trinajstić information content (AvgIpc) is 2.96. The van der Waals surface area contributed by atoms with Crippen molar-refractivity contribution in [1.29, 1.82) is 0 Å². The van der Waals surface area contributed by atoms with Gasteiger partial charge in [-0.05, 0) is 36.8 Å². The summed E-state index contributed by atoms with van der Waals surface area (Å²) in [5.74, 6) is 0.290. The molecule has 2 aromatic carbocycles. The van der Waals surface area contributed by atoms with Crippen molar-refractivity contribution in [3.05, 3.63) is 59.7 Å². The van der Waals surface area contributed by atoms with Gasteiger partial charge in [-0.3, -0.25) is 4.79 Å². The van der Waals surface area contributed by atoms with Gasteiger partial charge in [-0.25, -0.2) is 13.8 Å². The highest BCUT2D eigenvalue weighted by molar-refractivity contribution is 8.01. The fourth-order valence-electron chi connectivity index (χ4n) is 3.16. The molecule has 0 unspecified atom stereocenters. The monoisotopic (exact) mass is 436 g/mol. The topological polar surface area (TPSA) is 33.2 Å². The molecule has 1 atom stereocenters. The highest BCUT2D eigenvalue weighted by atomic mass is 32.2. The first-order valence-electron chi connectivity index (χ1n) is 8.93. The fourth-order valence-corrected chi connectivity index (χ4v) is 6.37. The molecule has 4 rings (SSSR count). The van der Waals surface area contributed by atoms with Crippen molar-refractivity contribution in [2.24, 2.45) is 0 Å². The molecule has 28 heavy (non-hydrogen) atoms. The second kappa shape index (κ2) is 8.80. The molecule has 0 saturated carbocycles. The number of amides is 1. The maximum absolute atomic E-state index is 14.1. The van der Waals surface area contributed by atoms with E-state index in [1.165, 1.54) is 23.9 Å². The van der Waals surface area contributed by atoms with Crippen LogP contribution in [-0.2, 0) is 4.79 Å². The van der Waals surface area contributed by atoms with E-state index in [0.29, 0.717) is 36.6 Å². The molecular weight excluding hydrogens is 418 g/mol. The van der Waals surface area contributed by atoms with Crippen molar-refractivity contribution < 1.29 is 13.6 Å². The van der Waals surface area contributed by atoms with Gasteiger partial charge in [-0.2, -0.15) is 11.8 Å². The van der Waals surface area contributed by atoms with Gasteiger partial charge in [0.2, 0.25) is 5.91 Å². The highest BCUT2D eigenvalue weighted by Gasteiger charge is 2.24. The molecule has 3 nitrogen and oxygen atoms in total. The van der Waals surface area contributed by atoms with E-state index < -0.39 is 5.82 Å². The minimum absolute atomic E-state index is 0.0604. The van der Waals surface area contributed by atoms with Gasteiger partial charge in [0.15, 0.2) is 4.34 Å². The minimum atomic E-state index is -0.429. The van der Waals surface area contributed by atoms with E-state index in [4.69, 9.17) is 0 Å². The molecule has 1 aliphatic heterocycles. The first-order valence-corrected chi connectivity index (χ1v) is 11.8. The first-order chi connectivity index (χ1) is 13.6. The Kier molecular flexibility index (Phi) is 6.18. The smallest absolute Gasteiger partial charge is 0.233 e. The molecule has 1 aliphatic rings. The molecule has 2 heterocycles. The molecule has 0 radical (unpaired) electrons. The Balaban J connectivity index is 1.35. The molecule has 1 fully saturated rings. The number of thioether (sulfide) groups is 2. The summed E-state index contributed by atoms with van der Waals surface area (Å²) in [7, 11) is 0. The van der Waals surface area contributed by atoms with Gasteiger partial charge < -0.3 is 4.90 Å². The number of thiazole rings is 1. The lowest BCUT2D eigenvalue weighted by atomic mass is 10.1. The average molecular weight is 437 g/mol. The second-order valence-electron chi connectivity index (χ2n) is 6.43. The van der Waals surface area contributed by atoms with E-state index in [9.17, 15) is 13.6 Å². The number of fused-ring (bicyclic) bond motifs is 1. The Bertz CT molecular complexity index is 961. The van der Waals surface area contributed by atoms with Crippen molar-refractivity contribution in [3.8, 4) is 0 Å². The van der Waals surface area contributed by atoms with Crippen LogP contribution in [0.15, 0.2) is 46.8 Å². The maximum atomic E-state index is 14.1. The lowest BCUT2D eigenvalue weighted by molar-refractivity contribution is -0.128. The third-order valence-corrected chi connectivity index (χ3v) is 8.07. The third kappa shape index (κ3) is 4.50. The van der Waals surface area contributed by atoms with Crippen molar-refractivity contribution in [3.63, 3.8) is 0 Å². The fraction of sp³-hybridized carbons (Fsp3) is 0.300. The first kappa shape index (κ1) is 19.7. The van der Waals surface area contributed by atoms with E-state index >= 15 is 0 Å². The second-order valence-corrected chi connectivity index (χ2v) is 9.99. The van der Waals surface area contributed by atoms with E-state index in [0.717, 1.165) is 20.6 Å². The Morgan fingerprint density at radius 2 is 2.07 bits per heavy atom. The van der Waals surface area contributed by atoms with Gasteiger partial charge in [0.25, 0.3) is 0 Å². The van der Waals surface area contributed by atoms with E-state index in [2.05, 4.69) is 4.98 Å². The van der Waals surface area contributed by atoms with Crippen molar-refractivity contribution in [2.75, 3.05) is 24.6 Å². The number of hydrogen-bond acceptors (Lipinski definition) is 5. The SMILES string of the molecule is O=C(CSc1nc2ccccc2s1)N1CCS[C@@H](c2cc(F)ccc2F)CC1. The normalized spacial score (nSPS) is 17.6. The number of para-hydroxylation sites is 1. The molecule has 1 saturated heterocycles. The molecule has 0 aliphatic carbocycles. The van der Waals surface area contributed by atoms with Crippen LogP contribution in [0.2, 0.25) is 0 Å². The van der Waals surface area contributed by atoms with Crippen LogP contribution in [-0.4, -0.2) is 40.4 Å². The van der Waals surface area contributed by atoms with Gasteiger partial charge in [0.05, 0.1) is 16.0 Å². The predicted molar refractivity (Wildman–Crippen MR) is 113 cm³/mol. The van der Waals surface area contributed by atoms with Crippen molar-refractivity contribution >= 4 is 51.0 Å². The predicted octanol–water partition coefficient (Wildman–Crippen LogP) is 5.37. The molecular formula is C20H18F2N2OS3. The van der Waals surface area contributed by atoms with Crippen LogP contribution in [0.1, 0.15) is 17.2 Å². The van der Waals surface area contributed by atoms with Crippen LogP contribution in [0.25, 0.3) is 10.2 Å². The lowest BCUT2D eigenvalue weighted by Gasteiger charge is -2.20. The van der Waals surface area contributed by atoms with E-state index in [1.807, 2.05) is 29.2 Å². The lowest BCUT2D eigenvalue weighted by Crippen LogP contribution is -2.34. The zero-order valence-electron chi connectivity index (χ0n) is 14.9. The summed E-state index contributed by atoms with van der Waals surface area (Å²) < 4.78 is 29.6. The summed E-state index contributed by atoms with van der Waals surface area (Å²) in [5, 5.41) is -0.134. The highest BCUT2D eigenvalue weighted by Crippen LogP contribution is 2.36. The number of nitrogens with zero attached hydrogens (tertiary/aromatic N) is 2. The quantitative estimate of drug-likeness (QED) is 0.515. The number of aromatic nitrogens is 1. The maximum Gasteiger partial charge on any atom is 0.233 e. The molecule has 146 valence electrons. The van der Waals surface area contributed by atoms with Crippen molar-refractivity contribution in [2.45, 2.75) is 16.0 Å². The van der Waals surface area contributed by atoms with Gasteiger partial charge >= 0.3 is 0 Å². The van der Waals surface area contributed by atoms with E-state index in [1.54, 1.807) is 23.1 Å². The van der Waals surface area contributed by atoms with Gasteiger partial charge in [0, 0.05) is 29.7 Å². The summed E-state index contributed by atoms with van der Waals surface area (Å²) >= 11 is 4.63. The third-order valence-electron chi connectivity index (χ3n) is 4.59. The molecule has 3 aromatic rings. The summed E-state index contributed by atoms with van der Waals surface area (Å²) in [6.07, 6.45) is 0.614. The molecule has 8 heteroatoms. The Morgan fingerprint density at radius 1 is 1.21 bits per heavy atom. The number of carbonyl (C=O) groups excluding carboxylic acids is 1. The van der Waals surface area contributed by atoms with Gasteiger partial charge in [-0.1, -0.05) is 23.9 Å². The van der Waals surface area contributed by atoms with Crippen LogP contribution in [0, 0.1) is 11.6 Å². The number of carbonyl (C=O) groups is 1. The minimum Gasteiger partial charge on any atom is -0.341 e. The summed E-state index contributed by atoms with van der Waals surface area (Å²) in [6.45, 7) is 1.17. The summed E-state index contributed by atoms with van der Waals surface area (Å²) in [5.41, 5.74) is 1.34. The largest absolute Gasteiger partial charge is 0.341 e. The molecule has 1 aromatic heterocycles. The Hall–Kier alpha value is -1.64. The van der Waals surface area contributed by atoms with E-state index in [-0.39, 0.29) is 17.0 Å². The zero-order chi connectivity index (χ0) is 19.5. The van der Waals surface area contributed by atoms with Crippen LogP contribution in [0.3, 0.4) is 0 Å². The number of rotatable bonds is 4. The van der Waals surface area contributed by atoms with Gasteiger partial charge in [0.1, 0.15) is 11.6 Å². The Morgan fingerprint density at radius 3 is 2.93 bits per heavy atom. The zero-order valence-corrected chi connectivity index (χ0v) is 17.4. The van der Waals surface area contributed by atoms with Gasteiger partial charge in [-0.15, -0.1) is 11.3 Å². The number of hydrogen-bond donors (Lipinski definition) is 0. The van der Waals surface area contributed by atoms with Crippen LogP contribution >= 0.6 is 34.9 Å². The molecule has 0 N–H and O–H groups in total. The van der Waals surface area contributed by atoms with Crippen molar-refractivity contribution in [1.82, 2.24) is 9.88 Å². The summed E-state index contributed by atoms with van der Waals surface area (Å²) in [4.78, 5) is 19.0. The van der Waals surface area contributed by atoms with Crippen LogP contribution in [0.5, 0.6) is 0 Å².